The third-order valence-corrected chi connectivity index (χ3v) is 4.64. The number of hydrogen-bond acceptors (Lipinski definition) is 3. The average Bonchev–Trinajstić information content (AvgIpc) is 3.03. The normalized spacial score (nSPS) is 16.8. The lowest BCUT2D eigenvalue weighted by Gasteiger charge is -2.17. The highest BCUT2D eigenvalue weighted by molar-refractivity contribution is 6.31. The van der Waals surface area contributed by atoms with Crippen molar-refractivity contribution in [2.24, 2.45) is 5.92 Å². The zero-order valence-corrected chi connectivity index (χ0v) is 14.6. The van der Waals surface area contributed by atoms with E-state index in [0.717, 1.165) is 11.3 Å². The number of nitrogens with zero attached hydrogens (tertiary/aromatic N) is 1. The van der Waals surface area contributed by atoms with E-state index in [4.69, 9.17) is 16.3 Å². The molecule has 0 bridgehead atoms. The number of carbonyl (C=O) groups excluding carboxylic acids is 2. The molecule has 1 fully saturated rings. The molecule has 1 unspecified atom stereocenters. The maximum absolute atomic E-state index is 12.4. The maximum Gasteiger partial charge on any atom is 0.227 e. The van der Waals surface area contributed by atoms with Crippen molar-refractivity contribution in [2.45, 2.75) is 13.0 Å². The van der Waals surface area contributed by atoms with Crippen molar-refractivity contribution in [1.29, 1.82) is 0 Å². The Morgan fingerprint density at radius 1 is 1.28 bits per heavy atom. The molecule has 3 rings (SSSR count). The summed E-state index contributed by atoms with van der Waals surface area (Å²) in [6, 6.07) is 14.6. The quantitative estimate of drug-likeness (QED) is 0.893. The Morgan fingerprint density at radius 2 is 2.08 bits per heavy atom. The highest BCUT2D eigenvalue weighted by atomic mass is 35.5. The van der Waals surface area contributed by atoms with Crippen LogP contribution in [0, 0.1) is 5.92 Å². The van der Waals surface area contributed by atoms with Crippen LogP contribution in [0.3, 0.4) is 0 Å². The van der Waals surface area contributed by atoms with E-state index in [1.54, 1.807) is 24.1 Å². The minimum absolute atomic E-state index is 0.0638. The predicted octanol–water partition coefficient (Wildman–Crippen LogP) is 3.02. The van der Waals surface area contributed by atoms with Crippen molar-refractivity contribution < 1.29 is 14.3 Å². The van der Waals surface area contributed by atoms with Crippen LogP contribution in [0.4, 0.5) is 5.69 Å². The Balaban J connectivity index is 1.63. The summed E-state index contributed by atoms with van der Waals surface area (Å²) in [6.07, 6.45) is 0.200. The molecule has 1 N–H and O–H groups in total. The lowest BCUT2D eigenvalue weighted by atomic mass is 10.1. The fourth-order valence-electron chi connectivity index (χ4n) is 2.88. The van der Waals surface area contributed by atoms with E-state index in [-0.39, 0.29) is 24.2 Å². The van der Waals surface area contributed by atoms with Gasteiger partial charge in [-0.2, -0.15) is 0 Å². The number of hydrogen-bond donors (Lipinski definition) is 1. The van der Waals surface area contributed by atoms with Gasteiger partial charge in [0, 0.05) is 36.3 Å². The lowest BCUT2D eigenvalue weighted by Crippen LogP contribution is -2.32. The molecule has 25 heavy (non-hydrogen) atoms. The largest absolute Gasteiger partial charge is 0.497 e. The van der Waals surface area contributed by atoms with Gasteiger partial charge in [-0.3, -0.25) is 9.59 Å². The third kappa shape index (κ3) is 3.94. The summed E-state index contributed by atoms with van der Waals surface area (Å²) in [7, 11) is 1.58. The standard InChI is InChI=1S/C19H19ClN2O3/c1-25-16-7-4-6-15(10-16)22-12-14(9-18(22)23)19(24)21-11-13-5-2-3-8-17(13)20/h2-8,10,14H,9,11-12H2,1H3,(H,21,24). The summed E-state index contributed by atoms with van der Waals surface area (Å²) in [4.78, 5) is 26.3. The van der Waals surface area contributed by atoms with Gasteiger partial charge in [-0.1, -0.05) is 35.9 Å². The molecule has 0 spiro atoms. The van der Waals surface area contributed by atoms with Gasteiger partial charge in [-0.25, -0.2) is 0 Å². The molecule has 5 nitrogen and oxygen atoms in total. The van der Waals surface area contributed by atoms with Crippen molar-refractivity contribution >= 4 is 29.1 Å². The van der Waals surface area contributed by atoms with E-state index < -0.39 is 0 Å². The van der Waals surface area contributed by atoms with Gasteiger partial charge in [0.15, 0.2) is 0 Å². The van der Waals surface area contributed by atoms with Gasteiger partial charge < -0.3 is 15.0 Å². The van der Waals surface area contributed by atoms with Gasteiger partial charge in [0.2, 0.25) is 11.8 Å². The zero-order chi connectivity index (χ0) is 17.8. The number of ether oxygens (including phenoxy) is 1. The van der Waals surface area contributed by atoms with E-state index in [9.17, 15) is 9.59 Å². The van der Waals surface area contributed by atoms with Crippen LogP contribution in [0.2, 0.25) is 5.02 Å². The van der Waals surface area contributed by atoms with Gasteiger partial charge >= 0.3 is 0 Å². The topological polar surface area (TPSA) is 58.6 Å². The minimum Gasteiger partial charge on any atom is -0.497 e. The highest BCUT2D eigenvalue weighted by Crippen LogP contribution is 2.28. The van der Waals surface area contributed by atoms with Crippen LogP contribution >= 0.6 is 11.6 Å². The smallest absolute Gasteiger partial charge is 0.227 e. The second-order valence-electron chi connectivity index (χ2n) is 5.92. The third-order valence-electron chi connectivity index (χ3n) is 4.27. The SMILES string of the molecule is COc1cccc(N2CC(C(=O)NCc3ccccc3Cl)CC2=O)c1. The van der Waals surface area contributed by atoms with Gasteiger partial charge in [-0.15, -0.1) is 0 Å². The molecule has 2 aromatic rings. The molecule has 1 saturated heterocycles. The number of halogens is 1. The predicted molar refractivity (Wildman–Crippen MR) is 96.8 cm³/mol. The van der Waals surface area contributed by atoms with E-state index in [0.29, 0.717) is 23.9 Å². The molecule has 0 saturated carbocycles. The second-order valence-corrected chi connectivity index (χ2v) is 6.32. The van der Waals surface area contributed by atoms with E-state index in [1.165, 1.54) is 0 Å². The van der Waals surface area contributed by atoms with E-state index >= 15 is 0 Å². The molecular formula is C19H19ClN2O3. The molecular weight excluding hydrogens is 340 g/mol. The molecule has 0 aromatic heterocycles. The molecule has 1 heterocycles. The molecule has 130 valence electrons. The number of methoxy groups -OCH3 is 1. The first-order chi connectivity index (χ1) is 12.1. The lowest BCUT2D eigenvalue weighted by molar-refractivity contribution is -0.126. The first kappa shape index (κ1) is 17.3. The molecule has 1 atom stereocenters. The molecule has 0 radical (unpaired) electrons. The molecule has 1 aliphatic heterocycles. The van der Waals surface area contributed by atoms with Crippen molar-refractivity contribution in [3.8, 4) is 5.75 Å². The summed E-state index contributed by atoms with van der Waals surface area (Å²) in [5.74, 6) is 0.0999. The summed E-state index contributed by atoms with van der Waals surface area (Å²) < 4.78 is 5.19. The van der Waals surface area contributed by atoms with Gasteiger partial charge in [0.1, 0.15) is 5.75 Å². The van der Waals surface area contributed by atoms with Crippen LogP contribution in [0.5, 0.6) is 5.75 Å². The Labute approximate surface area is 151 Å². The maximum atomic E-state index is 12.4. The van der Waals surface area contributed by atoms with Crippen LogP contribution in [0.15, 0.2) is 48.5 Å². The Hall–Kier alpha value is -2.53. The zero-order valence-electron chi connectivity index (χ0n) is 13.9. The fourth-order valence-corrected chi connectivity index (χ4v) is 3.08. The van der Waals surface area contributed by atoms with Crippen molar-refractivity contribution in [1.82, 2.24) is 5.32 Å². The second kappa shape index (κ2) is 7.57. The summed E-state index contributed by atoms with van der Waals surface area (Å²) >= 11 is 6.10. The number of amides is 2. The number of carbonyl (C=O) groups is 2. The van der Waals surface area contributed by atoms with Crippen molar-refractivity contribution in [2.75, 3.05) is 18.6 Å². The minimum atomic E-state index is -0.374. The molecule has 0 aliphatic carbocycles. The van der Waals surface area contributed by atoms with Crippen LogP contribution in [-0.2, 0) is 16.1 Å². The Morgan fingerprint density at radius 3 is 2.84 bits per heavy atom. The molecule has 6 heteroatoms. The summed E-state index contributed by atoms with van der Waals surface area (Å²) in [5, 5.41) is 3.48. The number of anilines is 1. The number of nitrogens with one attached hydrogen (secondary N) is 1. The molecule has 2 amide bonds. The van der Waals surface area contributed by atoms with Gasteiger partial charge in [0.05, 0.1) is 13.0 Å². The first-order valence-electron chi connectivity index (χ1n) is 8.04. The van der Waals surface area contributed by atoms with Crippen molar-refractivity contribution in [3.63, 3.8) is 0 Å². The summed E-state index contributed by atoms with van der Waals surface area (Å²) in [5.41, 5.74) is 1.59. The van der Waals surface area contributed by atoms with Gasteiger partial charge in [0.25, 0.3) is 0 Å². The Kier molecular flexibility index (Phi) is 5.24. The monoisotopic (exact) mass is 358 g/mol. The Bertz CT molecular complexity index is 794. The highest BCUT2D eigenvalue weighted by Gasteiger charge is 2.35. The fraction of sp³-hybridized carbons (Fsp3) is 0.263. The van der Waals surface area contributed by atoms with Crippen LogP contribution in [-0.4, -0.2) is 25.5 Å². The van der Waals surface area contributed by atoms with Crippen LogP contribution < -0.4 is 15.0 Å². The first-order valence-corrected chi connectivity index (χ1v) is 8.42. The van der Waals surface area contributed by atoms with Crippen LogP contribution in [0.25, 0.3) is 0 Å². The molecule has 2 aromatic carbocycles. The molecule has 1 aliphatic rings. The van der Waals surface area contributed by atoms with Crippen LogP contribution in [0.1, 0.15) is 12.0 Å². The number of benzene rings is 2. The number of rotatable bonds is 5. The summed E-state index contributed by atoms with van der Waals surface area (Å²) in [6.45, 7) is 0.711. The van der Waals surface area contributed by atoms with Gasteiger partial charge in [-0.05, 0) is 23.8 Å². The average molecular weight is 359 g/mol. The van der Waals surface area contributed by atoms with E-state index in [2.05, 4.69) is 5.32 Å². The van der Waals surface area contributed by atoms with Crippen molar-refractivity contribution in [3.05, 3.63) is 59.1 Å². The van der Waals surface area contributed by atoms with E-state index in [1.807, 2.05) is 36.4 Å².